The molecule has 1 atom stereocenters. The van der Waals surface area contributed by atoms with Gasteiger partial charge in [0.1, 0.15) is 5.78 Å². The maximum Gasteiger partial charge on any atom is 0.307 e. The van der Waals surface area contributed by atoms with Crippen LogP contribution in [0.25, 0.3) is 0 Å². The fourth-order valence-electron chi connectivity index (χ4n) is 2.69. The van der Waals surface area contributed by atoms with Crippen molar-refractivity contribution < 1.29 is 14.7 Å². The molecule has 4 nitrogen and oxygen atoms in total. The first-order chi connectivity index (χ1) is 8.58. The first kappa shape index (κ1) is 15.2. The number of aliphatic carboxylic acids is 1. The Kier molecular flexibility index (Phi) is 6.33. The summed E-state index contributed by atoms with van der Waals surface area (Å²) in [7, 11) is 0. The minimum Gasteiger partial charge on any atom is -0.481 e. The van der Waals surface area contributed by atoms with Crippen molar-refractivity contribution in [3.8, 4) is 0 Å². The van der Waals surface area contributed by atoms with Crippen LogP contribution < -0.4 is 0 Å². The van der Waals surface area contributed by atoms with Crippen LogP contribution in [0.4, 0.5) is 0 Å². The smallest absolute Gasteiger partial charge is 0.307 e. The topological polar surface area (TPSA) is 57.6 Å². The molecule has 1 fully saturated rings. The van der Waals surface area contributed by atoms with Gasteiger partial charge in [-0.05, 0) is 25.8 Å². The summed E-state index contributed by atoms with van der Waals surface area (Å²) in [4.78, 5) is 25.0. The SMILES string of the molecule is CCCC(CCC)C(=O)CN1CCC(C(=O)O)C1. The molecule has 1 heterocycles. The van der Waals surface area contributed by atoms with Crippen LogP contribution >= 0.6 is 0 Å². The molecule has 18 heavy (non-hydrogen) atoms. The Labute approximate surface area is 109 Å². The van der Waals surface area contributed by atoms with Gasteiger partial charge >= 0.3 is 5.97 Å². The minimum atomic E-state index is -0.733. The van der Waals surface area contributed by atoms with Crippen LogP contribution in [-0.2, 0) is 9.59 Å². The van der Waals surface area contributed by atoms with Gasteiger partial charge in [-0.1, -0.05) is 26.7 Å². The lowest BCUT2D eigenvalue weighted by atomic mass is 9.93. The van der Waals surface area contributed by atoms with Crippen LogP contribution in [0, 0.1) is 11.8 Å². The molecule has 1 saturated heterocycles. The summed E-state index contributed by atoms with van der Waals surface area (Å²) < 4.78 is 0. The monoisotopic (exact) mass is 255 g/mol. The number of carboxylic acids is 1. The Morgan fingerprint density at radius 2 is 1.89 bits per heavy atom. The van der Waals surface area contributed by atoms with Crippen molar-refractivity contribution in [1.29, 1.82) is 0 Å². The third-order valence-electron chi connectivity index (χ3n) is 3.73. The van der Waals surface area contributed by atoms with Gasteiger partial charge in [0.2, 0.25) is 0 Å². The van der Waals surface area contributed by atoms with Gasteiger partial charge in [-0.25, -0.2) is 0 Å². The molecule has 1 aliphatic rings. The van der Waals surface area contributed by atoms with Crippen molar-refractivity contribution in [2.75, 3.05) is 19.6 Å². The van der Waals surface area contributed by atoms with Crippen molar-refractivity contribution in [2.45, 2.75) is 46.0 Å². The molecule has 0 aromatic heterocycles. The number of rotatable bonds is 8. The van der Waals surface area contributed by atoms with E-state index >= 15 is 0 Å². The molecule has 1 aliphatic heterocycles. The molecular formula is C14H25NO3. The molecular weight excluding hydrogens is 230 g/mol. The van der Waals surface area contributed by atoms with Crippen LogP contribution in [0.1, 0.15) is 46.0 Å². The van der Waals surface area contributed by atoms with Gasteiger partial charge in [0.15, 0.2) is 0 Å². The Morgan fingerprint density at radius 1 is 1.28 bits per heavy atom. The van der Waals surface area contributed by atoms with E-state index in [1.165, 1.54) is 0 Å². The Bertz CT molecular complexity index is 285. The minimum absolute atomic E-state index is 0.170. The van der Waals surface area contributed by atoms with Gasteiger partial charge in [-0.3, -0.25) is 14.5 Å². The van der Waals surface area contributed by atoms with Crippen LogP contribution in [0.5, 0.6) is 0 Å². The number of carbonyl (C=O) groups is 2. The van der Waals surface area contributed by atoms with E-state index in [0.29, 0.717) is 25.3 Å². The third-order valence-corrected chi connectivity index (χ3v) is 3.73. The van der Waals surface area contributed by atoms with Crippen LogP contribution in [-0.4, -0.2) is 41.4 Å². The van der Waals surface area contributed by atoms with Crippen molar-refractivity contribution >= 4 is 11.8 Å². The van der Waals surface area contributed by atoms with Crippen molar-refractivity contribution in [3.05, 3.63) is 0 Å². The Hall–Kier alpha value is -0.900. The number of Topliss-reactive ketones (excluding diaryl/α,β-unsaturated/α-hetero) is 1. The van der Waals surface area contributed by atoms with Crippen molar-refractivity contribution in [2.24, 2.45) is 11.8 Å². The standard InChI is InChI=1S/C14H25NO3/c1-3-5-11(6-4-2)13(16)10-15-8-7-12(9-15)14(17)18/h11-12H,3-10H2,1-2H3,(H,17,18). The molecule has 104 valence electrons. The number of likely N-dealkylation sites (tertiary alicyclic amines) is 1. The number of carboxylic acid groups (broad SMARTS) is 1. The first-order valence-electron chi connectivity index (χ1n) is 7.06. The molecule has 0 spiro atoms. The number of ketones is 1. The zero-order valence-electron chi connectivity index (χ0n) is 11.5. The number of hydrogen-bond acceptors (Lipinski definition) is 3. The lowest BCUT2D eigenvalue weighted by molar-refractivity contribution is -0.141. The lowest BCUT2D eigenvalue weighted by Gasteiger charge is -2.19. The normalized spacial score (nSPS) is 20.5. The fourth-order valence-corrected chi connectivity index (χ4v) is 2.69. The maximum atomic E-state index is 12.2. The molecule has 0 bridgehead atoms. The summed E-state index contributed by atoms with van der Waals surface area (Å²) in [5.41, 5.74) is 0. The van der Waals surface area contributed by atoms with E-state index in [4.69, 9.17) is 5.11 Å². The summed E-state index contributed by atoms with van der Waals surface area (Å²) in [6.07, 6.45) is 4.67. The molecule has 0 radical (unpaired) electrons. The zero-order chi connectivity index (χ0) is 13.5. The van der Waals surface area contributed by atoms with E-state index in [1.807, 2.05) is 4.90 Å². The molecule has 0 aliphatic carbocycles. The highest BCUT2D eigenvalue weighted by atomic mass is 16.4. The fraction of sp³-hybridized carbons (Fsp3) is 0.857. The summed E-state index contributed by atoms with van der Waals surface area (Å²) in [5.74, 6) is -0.550. The van der Waals surface area contributed by atoms with E-state index in [2.05, 4.69) is 13.8 Å². The molecule has 0 aromatic carbocycles. The molecule has 0 aromatic rings. The van der Waals surface area contributed by atoms with Gasteiger partial charge in [-0.15, -0.1) is 0 Å². The second-order valence-corrected chi connectivity index (χ2v) is 5.30. The maximum absolute atomic E-state index is 12.2. The van der Waals surface area contributed by atoms with Crippen molar-refractivity contribution in [3.63, 3.8) is 0 Å². The Morgan fingerprint density at radius 3 is 2.33 bits per heavy atom. The van der Waals surface area contributed by atoms with E-state index in [-0.39, 0.29) is 11.8 Å². The summed E-state index contributed by atoms with van der Waals surface area (Å²) in [6.45, 7) is 5.92. The summed E-state index contributed by atoms with van der Waals surface area (Å²) >= 11 is 0. The molecule has 1 N–H and O–H groups in total. The van der Waals surface area contributed by atoms with Gasteiger partial charge in [0, 0.05) is 12.5 Å². The number of carbonyl (C=O) groups excluding carboxylic acids is 1. The van der Waals surface area contributed by atoms with Gasteiger partial charge in [0.05, 0.1) is 12.5 Å². The zero-order valence-corrected chi connectivity index (χ0v) is 11.5. The third kappa shape index (κ3) is 4.41. The van der Waals surface area contributed by atoms with Gasteiger partial charge in [-0.2, -0.15) is 0 Å². The highest BCUT2D eigenvalue weighted by molar-refractivity contribution is 5.83. The number of hydrogen-bond donors (Lipinski definition) is 1. The summed E-state index contributed by atoms with van der Waals surface area (Å²) in [5, 5.41) is 8.93. The van der Waals surface area contributed by atoms with Crippen LogP contribution in [0.3, 0.4) is 0 Å². The average Bonchev–Trinajstić information content (AvgIpc) is 2.77. The molecule has 0 saturated carbocycles. The van der Waals surface area contributed by atoms with Crippen molar-refractivity contribution in [1.82, 2.24) is 4.90 Å². The van der Waals surface area contributed by atoms with Crippen LogP contribution in [0.15, 0.2) is 0 Å². The second-order valence-electron chi connectivity index (χ2n) is 5.30. The van der Waals surface area contributed by atoms with E-state index < -0.39 is 5.97 Å². The van der Waals surface area contributed by atoms with Gasteiger partial charge in [0.25, 0.3) is 0 Å². The quantitative estimate of drug-likeness (QED) is 0.722. The molecule has 0 amide bonds. The lowest BCUT2D eigenvalue weighted by Crippen LogP contribution is -2.32. The summed E-state index contributed by atoms with van der Waals surface area (Å²) in [6, 6.07) is 0. The first-order valence-corrected chi connectivity index (χ1v) is 7.06. The predicted molar refractivity (Wildman–Crippen MR) is 70.5 cm³/mol. The Balaban J connectivity index is 2.41. The number of nitrogens with zero attached hydrogens (tertiary/aromatic N) is 1. The molecule has 1 rings (SSSR count). The molecule has 4 heteroatoms. The average molecular weight is 255 g/mol. The largest absolute Gasteiger partial charge is 0.481 e. The highest BCUT2D eigenvalue weighted by Crippen LogP contribution is 2.19. The van der Waals surface area contributed by atoms with Gasteiger partial charge < -0.3 is 5.11 Å². The van der Waals surface area contributed by atoms with E-state index in [9.17, 15) is 9.59 Å². The predicted octanol–water partition coefficient (Wildman–Crippen LogP) is 2.18. The van der Waals surface area contributed by atoms with E-state index in [1.54, 1.807) is 0 Å². The highest BCUT2D eigenvalue weighted by Gasteiger charge is 2.30. The van der Waals surface area contributed by atoms with Crippen LogP contribution in [0.2, 0.25) is 0 Å². The second kappa shape index (κ2) is 7.52. The van der Waals surface area contributed by atoms with E-state index in [0.717, 1.165) is 32.2 Å². The molecule has 1 unspecified atom stereocenters.